The Labute approximate surface area is 158 Å². The molecule has 0 radical (unpaired) electrons. The van der Waals surface area contributed by atoms with Gasteiger partial charge in [0.05, 0.1) is 23.6 Å². The molecule has 0 aliphatic carbocycles. The van der Waals surface area contributed by atoms with E-state index in [4.69, 9.17) is 21.4 Å². The van der Waals surface area contributed by atoms with E-state index in [0.29, 0.717) is 22.0 Å². The standard InChI is InChI=1S/C19H15ClN2O5/c1-2-27-19(26)15-16(11-3-7-13(20)8-4-11)22(21-17(15)23)14-9-5-12(6-10-14)18(24)25/h3-10H,2H2,1H3,(H,21,23)(H,24,25). The molecule has 0 saturated carbocycles. The molecule has 27 heavy (non-hydrogen) atoms. The van der Waals surface area contributed by atoms with Gasteiger partial charge in [0.2, 0.25) is 0 Å². The number of H-pyrrole nitrogens is 1. The molecule has 0 atom stereocenters. The summed E-state index contributed by atoms with van der Waals surface area (Å²) in [5.41, 5.74) is 0.716. The third-order valence-corrected chi connectivity index (χ3v) is 4.12. The minimum atomic E-state index is -1.06. The van der Waals surface area contributed by atoms with E-state index in [-0.39, 0.29) is 17.7 Å². The van der Waals surface area contributed by atoms with E-state index in [9.17, 15) is 14.4 Å². The van der Waals surface area contributed by atoms with Gasteiger partial charge >= 0.3 is 11.9 Å². The maximum atomic E-state index is 12.5. The molecule has 3 rings (SSSR count). The van der Waals surface area contributed by atoms with Gasteiger partial charge in [0.1, 0.15) is 0 Å². The number of nitrogens with one attached hydrogen (secondary N) is 1. The van der Waals surface area contributed by atoms with Crippen LogP contribution in [0.3, 0.4) is 0 Å². The Kier molecular flexibility index (Phi) is 5.14. The van der Waals surface area contributed by atoms with Crippen LogP contribution in [0.4, 0.5) is 0 Å². The fraction of sp³-hybridized carbons (Fsp3) is 0.105. The molecule has 0 amide bonds. The maximum Gasteiger partial charge on any atom is 0.346 e. The van der Waals surface area contributed by atoms with Crippen molar-refractivity contribution >= 4 is 23.5 Å². The third-order valence-electron chi connectivity index (χ3n) is 3.87. The van der Waals surface area contributed by atoms with Gasteiger partial charge in [0.15, 0.2) is 5.56 Å². The van der Waals surface area contributed by atoms with E-state index in [1.807, 2.05) is 0 Å². The van der Waals surface area contributed by atoms with Gasteiger partial charge in [0.25, 0.3) is 5.56 Å². The van der Waals surface area contributed by atoms with Crippen LogP contribution in [-0.2, 0) is 4.74 Å². The number of aromatic amines is 1. The Morgan fingerprint density at radius 2 is 1.74 bits per heavy atom. The quantitative estimate of drug-likeness (QED) is 0.655. The molecule has 0 unspecified atom stereocenters. The van der Waals surface area contributed by atoms with Crippen molar-refractivity contribution in [2.75, 3.05) is 6.61 Å². The molecule has 0 saturated heterocycles. The predicted octanol–water partition coefficient (Wildman–Crippen LogP) is 3.36. The molecule has 1 heterocycles. The number of carbonyl (C=O) groups excluding carboxylic acids is 1. The summed E-state index contributed by atoms with van der Waals surface area (Å²) >= 11 is 5.94. The number of hydrogen-bond donors (Lipinski definition) is 2. The molecule has 0 spiro atoms. The molecule has 0 bridgehead atoms. The molecule has 0 aliphatic heterocycles. The highest BCUT2D eigenvalue weighted by Gasteiger charge is 2.24. The molecule has 7 nitrogen and oxygen atoms in total. The summed E-state index contributed by atoms with van der Waals surface area (Å²) in [6, 6.07) is 12.5. The summed E-state index contributed by atoms with van der Waals surface area (Å²) < 4.78 is 6.44. The van der Waals surface area contributed by atoms with Gasteiger partial charge in [-0.1, -0.05) is 23.7 Å². The molecule has 1 aromatic heterocycles. The number of ether oxygens (including phenoxy) is 1. The van der Waals surface area contributed by atoms with Crippen molar-refractivity contribution in [1.29, 1.82) is 0 Å². The van der Waals surface area contributed by atoms with Crippen LogP contribution in [0.25, 0.3) is 16.9 Å². The molecule has 2 aromatic carbocycles. The van der Waals surface area contributed by atoms with Gasteiger partial charge < -0.3 is 9.84 Å². The van der Waals surface area contributed by atoms with Crippen LogP contribution in [0.15, 0.2) is 53.3 Å². The molecule has 3 aromatic rings. The van der Waals surface area contributed by atoms with E-state index >= 15 is 0 Å². The highest BCUT2D eigenvalue weighted by molar-refractivity contribution is 6.30. The number of nitrogens with zero attached hydrogens (tertiary/aromatic N) is 1. The first-order valence-corrected chi connectivity index (χ1v) is 8.42. The average Bonchev–Trinajstić information content (AvgIpc) is 3.00. The number of halogens is 1. The Morgan fingerprint density at radius 3 is 2.30 bits per heavy atom. The molecule has 8 heteroatoms. The van der Waals surface area contributed by atoms with E-state index in [1.165, 1.54) is 28.9 Å². The van der Waals surface area contributed by atoms with Gasteiger partial charge in [-0.15, -0.1) is 0 Å². The largest absolute Gasteiger partial charge is 0.478 e. The molecular weight excluding hydrogens is 372 g/mol. The number of aromatic carboxylic acids is 1. The first-order chi connectivity index (χ1) is 12.9. The zero-order chi connectivity index (χ0) is 19.6. The zero-order valence-corrected chi connectivity index (χ0v) is 15.0. The topological polar surface area (TPSA) is 101 Å². The Bertz CT molecular complexity index is 1050. The van der Waals surface area contributed by atoms with Gasteiger partial charge in [-0.2, -0.15) is 0 Å². The van der Waals surface area contributed by atoms with Crippen LogP contribution in [0.5, 0.6) is 0 Å². The zero-order valence-electron chi connectivity index (χ0n) is 14.2. The minimum absolute atomic E-state index is 0.104. The number of carbonyl (C=O) groups is 2. The van der Waals surface area contributed by atoms with Gasteiger partial charge in [-0.3, -0.25) is 14.6 Å². The maximum absolute atomic E-state index is 12.5. The van der Waals surface area contributed by atoms with Crippen molar-refractivity contribution in [2.24, 2.45) is 0 Å². The Morgan fingerprint density at radius 1 is 1.11 bits per heavy atom. The summed E-state index contributed by atoms with van der Waals surface area (Å²) in [5.74, 6) is -1.81. The number of benzene rings is 2. The summed E-state index contributed by atoms with van der Waals surface area (Å²) in [6.45, 7) is 1.77. The average molecular weight is 387 g/mol. The van der Waals surface area contributed by atoms with Crippen molar-refractivity contribution in [2.45, 2.75) is 6.92 Å². The van der Waals surface area contributed by atoms with Crippen LogP contribution in [-0.4, -0.2) is 33.4 Å². The SMILES string of the molecule is CCOC(=O)c1c(-c2ccc(Cl)cc2)n(-c2ccc(C(=O)O)cc2)[nH]c1=O. The smallest absolute Gasteiger partial charge is 0.346 e. The summed E-state index contributed by atoms with van der Waals surface area (Å²) in [5, 5.41) is 12.2. The van der Waals surface area contributed by atoms with E-state index in [2.05, 4.69) is 5.10 Å². The van der Waals surface area contributed by atoms with Crippen molar-refractivity contribution in [3.63, 3.8) is 0 Å². The molecule has 138 valence electrons. The lowest BCUT2D eigenvalue weighted by Crippen LogP contribution is -2.15. The van der Waals surface area contributed by atoms with Crippen LogP contribution < -0.4 is 5.56 Å². The highest BCUT2D eigenvalue weighted by atomic mass is 35.5. The van der Waals surface area contributed by atoms with E-state index < -0.39 is 17.5 Å². The molecule has 0 fully saturated rings. The summed E-state index contributed by atoms with van der Waals surface area (Å²) in [7, 11) is 0. The third kappa shape index (κ3) is 3.63. The molecular formula is C19H15ClN2O5. The van der Waals surface area contributed by atoms with Crippen LogP contribution in [0, 0.1) is 0 Å². The van der Waals surface area contributed by atoms with Crippen molar-refractivity contribution in [1.82, 2.24) is 9.78 Å². The van der Waals surface area contributed by atoms with Gasteiger partial charge in [0, 0.05) is 10.6 Å². The second kappa shape index (κ2) is 7.51. The first kappa shape index (κ1) is 18.5. The van der Waals surface area contributed by atoms with Crippen LogP contribution in [0.2, 0.25) is 5.02 Å². The summed E-state index contributed by atoms with van der Waals surface area (Å²) in [6.07, 6.45) is 0. The number of hydrogen-bond acceptors (Lipinski definition) is 4. The van der Waals surface area contributed by atoms with Gasteiger partial charge in [-0.05, 0) is 43.3 Å². The van der Waals surface area contributed by atoms with Crippen molar-refractivity contribution in [3.05, 3.63) is 75.0 Å². The first-order valence-electron chi connectivity index (χ1n) is 8.04. The van der Waals surface area contributed by atoms with E-state index in [1.54, 1.807) is 31.2 Å². The monoisotopic (exact) mass is 386 g/mol. The lowest BCUT2D eigenvalue weighted by molar-refractivity contribution is 0.0525. The summed E-state index contributed by atoms with van der Waals surface area (Å²) in [4.78, 5) is 35.9. The fourth-order valence-electron chi connectivity index (χ4n) is 2.65. The minimum Gasteiger partial charge on any atom is -0.478 e. The number of aromatic nitrogens is 2. The van der Waals surface area contributed by atoms with Crippen molar-refractivity contribution in [3.8, 4) is 16.9 Å². The van der Waals surface area contributed by atoms with Gasteiger partial charge in [-0.25, -0.2) is 9.59 Å². The number of carboxylic acids is 1. The second-order valence-corrected chi connectivity index (χ2v) is 6.02. The predicted molar refractivity (Wildman–Crippen MR) is 99.8 cm³/mol. The second-order valence-electron chi connectivity index (χ2n) is 5.58. The highest BCUT2D eigenvalue weighted by Crippen LogP contribution is 2.27. The normalized spacial score (nSPS) is 10.6. The number of carboxylic acid groups (broad SMARTS) is 1. The lowest BCUT2D eigenvalue weighted by atomic mass is 10.1. The lowest BCUT2D eigenvalue weighted by Gasteiger charge is -2.11. The fourth-order valence-corrected chi connectivity index (χ4v) is 2.78. The number of esters is 1. The Hall–Kier alpha value is -3.32. The molecule has 2 N–H and O–H groups in total. The number of rotatable bonds is 5. The van der Waals surface area contributed by atoms with Crippen LogP contribution >= 0.6 is 11.6 Å². The van der Waals surface area contributed by atoms with Crippen molar-refractivity contribution < 1.29 is 19.4 Å². The van der Waals surface area contributed by atoms with E-state index in [0.717, 1.165) is 0 Å². The molecule has 0 aliphatic rings. The Balaban J connectivity index is 2.23. The van der Waals surface area contributed by atoms with Crippen LogP contribution in [0.1, 0.15) is 27.6 Å².